The maximum atomic E-state index is 13.1. The number of aryl methyl sites for hydroxylation is 1. The molecule has 0 saturated heterocycles. The van der Waals surface area contributed by atoms with Crippen LogP contribution in [-0.4, -0.2) is 23.3 Å². The van der Waals surface area contributed by atoms with Crippen molar-refractivity contribution in [2.75, 3.05) is 11.4 Å². The first-order valence-electron chi connectivity index (χ1n) is 9.96. The number of pyridine rings is 1. The molecule has 2 aliphatic carbocycles. The van der Waals surface area contributed by atoms with Crippen molar-refractivity contribution in [3.05, 3.63) is 59.2 Å². The lowest BCUT2D eigenvalue weighted by atomic mass is 10.0. The Kier molecular flexibility index (Phi) is 3.96. The van der Waals surface area contributed by atoms with E-state index in [0.717, 1.165) is 62.1 Å². The molecule has 2 fully saturated rings. The standard InChI is InChI=1S/C22H22FN3O2/c23-16-7-5-14(6-8-16)20(27)25-22(11-12-22)19-10-9-18-17(24-19)2-1-13-26(18)21(28)15-3-4-15/h5-10,15H,1-4,11-13H2,(H,25,27). The fourth-order valence-electron chi connectivity index (χ4n) is 3.96. The summed E-state index contributed by atoms with van der Waals surface area (Å²) in [6.45, 7) is 0.760. The Balaban J connectivity index is 1.38. The summed E-state index contributed by atoms with van der Waals surface area (Å²) < 4.78 is 13.1. The number of fused-ring (bicyclic) bond motifs is 1. The summed E-state index contributed by atoms with van der Waals surface area (Å²) in [7, 11) is 0. The number of hydrogen-bond donors (Lipinski definition) is 1. The van der Waals surface area contributed by atoms with Gasteiger partial charge in [0.2, 0.25) is 5.91 Å². The largest absolute Gasteiger partial charge is 0.341 e. The summed E-state index contributed by atoms with van der Waals surface area (Å²) in [6.07, 6.45) is 5.41. The lowest BCUT2D eigenvalue weighted by Gasteiger charge is -2.30. The second-order valence-electron chi connectivity index (χ2n) is 8.07. The molecule has 2 saturated carbocycles. The van der Waals surface area contributed by atoms with Gasteiger partial charge in [-0.3, -0.25) is 14.6 Å². The van der Waals surface area contributed by atoms with E-state index in [4.69, 9.17) is 4.98 Å². The number of anilines is 1. The van der Waals surface area contributed by atoms with Crippen LogP contribution in [0.3, 0.4) is 0 Å². The van der Waals surface area contributed by atoms with Gasteiger partial charge in [0, 0.05) is 18.0 Å². The van der Waals surface area contributed by atoms with E-state index in [0.29, 0.717) is 5.56 Å². The summed E-state index contributed by atoms with van der Waals surface area (Å²) in [5, 5.41) is 3.08. The number of amides is 2. The molecule has 2 heterocycles. The Morgan fingerprint density at radius 1 is 1.11 bits per heavy atom. The molecule has 0 atom stereocenters. The zero-order valence-electron chi connectivity index (χ0n) is 15.6. The van der Waals surface area contributed by atoms with Gasteiger partial charge in [-0.05, 0) is 74.9 Å². The Bertz CT molecular complexity index is 949. The molecule has 1 aromatic heterocycles. The van der Waals surface area contributed by atoms with Gasteiger partial charge in [-0.15, -0.1) is 0 Å². The maximum absolute atomic E-state index is 13.1. The first kappa shape index (κ1) is 17.3. The molecular formula is C22H22FN3O2. The van der Waals surface area contributed by atoms with Crippen LogP contribution in [0.15, 0.2) is 36.4 Å². The number of carbonyl (C=O) groups excluding carboxylic acids is 2. The van der Waals surface area contributed by atoms with Crippen LogP contribution in [0.25, 0.3) is 0 Å². The number of nitrogens with zero attached hydrogens (tertiary/aromatic N) is 2. The third-order valence-electron chi connectivity index (χ3n) is 5.93. The second-order valence-corrected chi connectivity index (χ2v) is 8.07. The molecule has 144 valence electrons. The molecule has 0 unspecified atom stereocenters. The van der Waals surface area contributed by atoms with Gasteiger partial charge >= 0.3 is 0 Å². The minimum atomic E-state index is -0.455. The molecule has 6 heteroatoms. The molecule has 28 heavy (non-hydrogen) atoms. The van der Waals surface area contributed by atoms with Gasteiger partial charge in [0.15, 0.2) is 0 Å². The van der Waals surface area contributed by atoms with Crippen LogP contribution in [0.2, 0.25) is 0 Å². The quantitative estimate of drug-likeness (QED) is 0.886. The molecule has 0 bridgehead atoms. The predicted molar refractivity (Wildman–Crippen MR) is 102 cm³/mol. The molecule has 1 aliphatic heterocycles. The minimum Gasteiger partial charge on any atom is -0.341 e. The molecule has 2 amide bonds. The van der Waals surface area contributed by atoms with Crippen molar-refractivity contribution in [3.8, 4) is 0 Å². The highest BCUT2D eigenvalue weighted by molar-refractivity contribution is 5.97. The van der Waals surface area contributed by atoms with Gasteiger partial charge in [-0.1, -0.05) is 0 Å². The van der Waals surface area contributed by atoms with Crippen LogP contribution in [0.4, 0.5) is 10.1 Å². The molecule has 3 aliphatic rings. The van der Waals surface area contributed by atoms with Crippen molar-refractivity contribution in [2.45, 2.75) is 44.1 Å². The zero-order valence-corrected chi connectivity index (χ0v) is 15.6. The SMILES string of the molecule is O=C(NC1(c2ccc3c(n2)CCCN3C(=O)C2CC2)CC1)c1ccc(F)cc1. The van der Waals surface area contributed by atoms with Crippen LogP contribution in [-0.2, 0) is 16.8 Å². The van der Waals surface area contributed by atoms with Crippen LogP contribution < -0.4 is 10.2 Å². The first-order valence-corrected chi connectivity index (χ1v) is 9.96. The zero-order chi connectivity index (χ0) is 19.3. The normalized spacial score (nSPS) is 19.7. The van der Waals surface area contributed by atoms with E-state index in [1.54, 1.807) is 0 Å². The Morgan fingerprint density at radius 3 is 2.54 bits per heavy atom. The number of benzene rings is 1. The molecule has 5 nitrogen and oxygen atoms in total. The molecule has 0 spiro atoms. The molecule has 2 aromatic rings. The number of carbonyl (C=O) groups is 2. The Morgan fingerprint density at radius 2 is 1.86 bits per heavy atom. The summed E-state index contributed by atoms with van der Waals surface area (Å²) in [4.78, 5) is 31.9. The monoisotopic (exact) mass is 379 g/mol. The van der Waals surface area contributed by atoms with Gasteiger partial charge in [0.1, 0.15) is 5.82 Å². The number of nitrogens with one attached hydrogen (secondary N) is 1. The number of halogens is 1. The smallest absolute Gasteiger partial charge is 0.252 e. The lowest BCUT2D eigenvalue weighted by molar-refractivity contribution is -0.119. The van der Waals surface area contributed by atoms with Gasteiger partial charge in [-0.25, -0.2) is 4.39 Å². The average Bonchev–Trinajstić information content (AvgIpc) is 3.62. The number of hydrogen-bond acceptors (Lipinski definition) is 3. The van der Waals surface area contributed by atoms with Crippen LogP contribution >= 0.6 is 0 Å². The molecule has 0 radical (unpaired) electrons. The van der Waals surface area contributed by atoms with Gasteiger partial charge in [0.25, 0.3) is 5.91 Å². The Labute approximate surface area is 163 Å². The molecule has 5 rings (SSSR count). The van der Waals surface area contributed by atoms with Gasteiger partial charge in [0.05, 0.1) is 22.6 Å². The number of rotatable bonds is 4. The highest BCUT2D eigenvalue weighted by Crippen LogP contribution is 2.46. The van der Waals surface area contributed by atoms with E-state index < -0.39 is 5.54 Å². The van der Waals surface area contributed by atoms with E-state index in [1.807, 2.05) is 17.0 Å². The minimum absolute atomic E-state index is 0.190. The van der Waals surface area contributed by atoms with E-state index >= 15 is 0 Å². The van der Waals surface area contributed by atoms with Crippen molar-refractivity contribution in [1.82, 2.24) is 10.3 Å². The van der Waals surface area contributed by atoms with Crippen LogP contribution in [0.1, 0.15) is 53.8 Å². The van der Waals surface area contributed by atoms with E-state index in [1.165, 1.54) is 24.3 Å². The summed E-state index contributed by atoms with van der Waals surface area (Å²) in [5.41, 5.74) is 2.70. The third-order valence-corrected chi connectivity index (χ3v) is 5.93. The molecule has 1 N–H and O–H groups in total. The van der Waals surface area contributed by atoms with Crippen LogP contribution in [0, 0.1) is 11.7 Å². The summed E-state index contributed by atoms with van der Waals surface area (Å²) in [6, 6.07) is 9.48. The van der Waals surface area contributed by atoms with E-state index in [-0.39, 0.29) is 23.5 Å². The molecule has 1 aromatic carbocycles. The van der Waals surface area contributed by atoms with Gasteiger partial charge in [-0.2, -0.15) is 0 Å². The topological polar surface area (TPSA) is 62.3 Å². The second kappa shape index (κ2) is 6.40. The predicted octanol–water partition coefficient (Wildman–Crippen LogP) is 3.33. The summed E-state index contributed by atoms with van der Waals surface area (Å²) in [5.74, 6) is -0.168. The van der Waals surface area contributed by atoms with Gasteiger partial charge < -0.3 is 10.2 Å². The third kappa shape index (κ3) is 3.07. The van der Waals surface area contributed by atoms with Crippen LogP contribution in [0.5, 0.6) is 0 Å². The Hall–Kier alpha value is -2.76. The van der Waals surface area contributed by atoms with Crippen molar-refractivity contribution in [1.29, 1.82) is 0 Å². The first-order chi connectivity index (χ1) is 13.6. The fourth-order valence-corrected chi connectivity index (χ4v) is 3.96. The molecular weight excluding hydrogens is 357 g/mol. The van der Waals surface area contributed by atoms with E-state index in [9.17, 15) is 14.0 Å². The summed E-state index contributed by atoms with van der Waals surface area (Å²) >= 11 is 0. The van der Waals surface area contributed by atoms with Crippen molar-refractivity contribution >= 4 is 17.5 Å². The lowest BCUT2D eigenvalue weighted by Crippen LogP contribution is -2.38. The number of aromatic nitrogens is 1. The van der Waals surface area contributed by atoms with E-state index in [2.05, 4.69) is 5.32 Å². The highest BCUT2D eigenvalue weighted by Gasteiger charge is 2.47. The maximum Gasteiger partial charge on any atom is 0.252 e. The fraction of sp³-hybridized carbons (Fsp3) is 0.409. The van der Waals surface area contributed by atoms with Crippen molar-refractivity contribution in [2.24, 2.45) is 5.92 Å². The average molecular weight is 379 g/mol. The van der Waals surface area contributed by atoms with Crippen molar-refractivity contribution < 1.29 is 14.0 Å². The van der Waals surface area contributed by atoms with Crippen molar-refractivity contribution in [3.63, 3.8) is 0 Å². The highest BCUT2D eigenvalue weighted by atomic mass is 19.1.